The van der Waals surface area contributed by atoms with E-state index in [0.717, 1.165) is 36.1 Å². The van der Waals surface area contributed by atoms with Gasteiger partial charge < -0.3 is 14.6 Å². The maximum Gasteiger partial charge on any atom is 0.250 e. The number of aryl methyl sites for hydroxylation is 1. The molecule has 174 valence electrons. The summed E-state index contributed by atoms with van der Waals surface area (Å²) in [4.78, 5) is 29.8. The molecule has 2 amide bonds. The summed E-state index contributed by atoms with van der Waals surface area (Å²) in [5.74, 6) is 0.290. The van der Waals surface area contributed by atoms with Crippen molar-refractivity contribution in [3.8, 4) is 0 Å². The molecule has 4 rings (SSSR count). The van der Waals surface area contributed by atoms with E-state index < -0.39 is 6.04 Å². The number of hydrogen-bond acceptors (Lipinski definition) is 4. The van der Waals surface area contributed by atoms with E-state index >= 15 is 0 Å². The third-order valence-corrected chi connectivity index (χ3v) is 7.15. The Bertz CT molecular complexity index is 1020. The van der Waals surface area contributed by atoms with Crippen LogP contribution >= 0.6 is 11.3 Å². The summed E-state index contributed by atoms with van der Waals surface area (Å²) in [6, 6.07) is 15.2. The standard InChI is InChI=1S/C27H32N2O3S/c1-20-8-5-9-21(18-20)14-15-29(25(30)19-23-12-7-17-33-23)26(24-13-6-16-32-24)27(31)28-22-10-3-2-4-11-22/h5-9,12-13,16-18,22,26H,2-4,10-11,14-15,19H2,1H3,(H,28,31)/t26-/m0/s1. The van der Waals surface area contributed by atoms with E-state index in [1.165, 1.54) is 12.0 Å². The molecule has 1 aliphatic carbocycles. The second-order valence-electron chi connectivity index (χ2n) is 8.84. The van der Waals surface area contributed by atoms with Crippen molar-refractivity contribution in [1.82, 2.24) is 10.2 Å². The van der Waals surface area contributed by atoms with Gasteiger partial charge in [-0.2, -0.15) is 0 Å². The predicted octanol–water partition coefficient (Wildman–Crippen LogP) is 5.45. The Morgan fingerprint density at radius 2 is 1.97 bits per heavy atom. The number of thiophene rings is 1. The van der Waals surface area contributed by atoms with E-state index in [0.29, 0.717) is 18.7 Å². The lowest BCUT2D eigenvalue weighted by Gasteiger charge is -2.32. The molecule has 1 saturated carbocycles. The maximum absolute atomic E-state index is 13.6. The third kappa shape index (κ3) is 6.35. The van der Waals surface area contributed by atoms with Crippen LogP contribution in [0.15, 0.2) is 64.6 Å². The molecular weight excluding hydrogens is 432 g/mol. The molecule has 1 atom stereocenters. The second-order valence-corrected chi connectivity index (χ2v) is 9.88. The fourth-order valence-corrected chi connectivity index (χ4v) is 5.27. The fraction of sp³-hybridized carbons (Fsp3) is 0.407. The number of furan rings is 1. The van der Waals surface area contributed by atoms with Gasteiger partial charge in [-0.25, -0.2) is 0 Å². The minimum Gasteiger partial charge on any atom is -0.467 e. The maximum atomic E-state index is 13.6. The zero-order valence-corrected chi connectivity index (χ0v) is 20.0. The first kappa shape index (κ1) is 23.3. The molecule has 0 bridgehead atoms. The Morgan fingerprint density at radius 3 is 2.67 bits per heavy atom. The lowest BCUT2D eigenvalue weighted by Crippen LogP contribution is -2.48. The fourth-order valence-electron chi connectivity index (χ4n) is 4.58. The smallest absolute Gasteiger partial charge is 0.250 e. The van der Waals surface area contributed by atoms with Crippen molar-refractivity contribution in [2.45, 2.75) is 64.0 Å². The summed E-state index contributed by atoms with van der Waals surface area (Å²) in [6.07, 6.45) is 7.97. The average molecular weight is 465 g/mol. The van der Waals surface area contributed by atoms with Crippen LogP contribution in [-0.4, -0.2) is 29.3 Å². The van der Waals surface area contributed by atoms with Crippen LogP contribution in [0.2, 0.25) is 0 Å². The van der Waals surface area contributed by atoms with Gasteiger partial charge in [0, 0.05) is 17.5 Å². The van der Waals surface area contributed by atoms with E-state index in [2.05, 4.69) is 30.4 Å². The highest BCUT2D eigenvalue weighted by molar-refractivity contribution is 7.10. The van der Waals surface area contributed by atoms with Crippen LogP contribution < -0.4 is 5.32 Å². The quantitative estimate of drug-likeness (QED) is 0.458. The average Bonchev–Trinajstić information content (AvgIpc) is 3.52. The van der Waals surface area contributed by atoms with Gasteiger partial charge >= 0.3 is 0 Å². The van der Waals surface area contributed by atoms with Crippen LogP contribution in [0.3, 0.4) is 0 Å². The first-order chi connectivity index (χ1) is 16.1. The Labute approximate surface area is 199 Å². The summed E-state index contributed by atoms with van der Waals surface area (Å²) in [5, 5.41) is 5.19. The normalized spacial score (nSPS) is 15.2. The first-order valence-electron chi connectivity index (χ1n) is 11.8. The first-order valence-corrected chi connectivity index (χ1v) is 12.7. The van der Waals surface area contributed by atoms with Crippen LogP contribution in [0.5, 0.6) is 0 Å². The number of amides is 2. The van der Waals surface area contributed by atoms with Crippen molar-refractivity contribution in [3.63, 3.8) is 0 Å². The van der Waals surface area contributed by atoms with Gasteiger partial charge in [0.25, 0.3) is 5.91 Å². The van der Waals surface area contributed by atoms with E-state index in [4.69, 9.17) is 4.42 Å². The van der Waals surface area contributed by atoms with Crippen molar-refractivity contribution in [2.24, 2.45) is 0 Å². The molecule has 33 heavy (non-hydrogen) atoms. The van der Waals surface area contributed by atoms with Gasteiger partial charge in [0.15, 0.2) is 6.04 Å². The van der Waals surface area contributed by atoms with Crippen LogP contribution in [0.25, 0.3) is 0 Å². The van der Waals surface area contributed by atoms with E-state index in [9.17, 15) is 9.59 Å². The second kappa shape index (κ2) is 11.3. The van der Waals surface area contributed by atoms with Crippen molar-refractivity contribution in [1.29, 1.82) is 0 Å². The number of benzene rings is 1. The summed E-state index contributed by atoms with van der Waals surface area (Å²) < 4.78 is 5.69. The van der Waals surface area contributed by atoms with Gasteiger partial charge in [-0.15, -0.1) is 11.3 Å². The van der Waals surface area contributed by atoms with E-state index in [-0.39, 0.29) is 24.3 Å². The summed E-state index contributed by atoms with van der Waals surface area (Å²) in [5.41, 5.74) is 2.33. The molecule has 0 aliphatic heterocycles. The number of carbonyl (C=O) groups excluding carboxylic acids is 2. The molecule has 1 N–H and O–H groups in total. The number of hydrogen-bond donors (Lipinski definition) is 1. The van der Waals surface area contributed by atoms with Gasteiger partial charge in [-0.1, -0.05) is 55.2 Å². The minimum atomic E-state index is -0.779. The summed E-state index contributed by atoms with van der Waals surface area (Å²) in [6.45, 7) is 2.50. The molecule has 2 heterocycles. The molecule has 2 aromatic heterocycles. The van der Waals surface area contributed by atoms with Crippen LogP contribution in [0.4, 0.5) is 0 Å². The number of rotatable bonds is 9. The summed E-state index contributed by atoms with van der Waals surface area (Å²) in [7, 11) is 0. The van der Waals surface area contributed by atoms with Crippen LogP contribution in [0, 0.1) is 6.92 Å². The molecule has 3 aromatic rings. The molecular formula is C27H32N2O3S. The van der Waals surface area contributed by atoms with Gasteiger partial charge in [-0.05, 0) is 55.3 Å². The summed E-state index contributed by atoms with van der Waals surface area (Å²) >= 11 is 1.56. The highest BCUT2D eigenvalue weighted by Gasteiger charge is 2.34. The van der Waals surface area contributed by atoms with Gasteiger partial charge in [0.1, 0.15) is 5.76 Å². The van der Waals surface area contributed by atoms with Gasteiger partial charge in [0.2, 0.25) is 5.91 Å². The zero-order valence-electron chi connectivity index (χ0n) is 19.2. The zero-order chi connectivity index (χ0) is 23.0. The Kier molecular flexibility index (Phi) is 8.00. The minimum absolute atomic E-state index is 0.0645. The van der Waals surface area contributed by atoms with Crippen molar-refractivity contribution in [3.05, 3.63) is 81.9 Å². The van der Waals surface area contributed by atoms with Crippen molar-refractivity contribution < 1.29 is 14.0 Å². The Balaban J connectivity index is 1.59. The van der Waals surface area contributed by atoms with Crippen LogP contribution in [-0.2, 0) is 22.4 Å². The highest BCUT2D eigenvalue weighted by atomic mass is 32.1. The van der Waals surface area contributed by atoms with Crippen molar-refractivity contribution >= 4 is 23.2 Å². The topological polar surface area (TPSA) is 62.6 Å². The SMILES string of the molecule is Cc1cccc(CCN(C(=O)Cc2cccs2)[C@H](C(=O)NC2CCCCC2)c2ccco2)c1. The molecule has 1 aromatic carbocycles. The lowest BCUT2D eigenvalue weighted by atomic mass is 9.95. The molecule has 0 radical (unpaired) electrons. The number of nitrogens with one attached hydrogen (secondary N) is 1. The molecule has 1 fully saturated rings. The highest BCUT2D eigenvalue weighted by Crippen LogP contribution is 2.26. The number of nitrogens with zero attached hydrogens (tertiary/aromatic N) is 1. The lowest BCUT2D eigenvalue weighted by molar-refractivity contribution is -0.141. The van der Waals surface area contributed by atoms with Crippen molar-refractivity contribution in [2.75, 3.05) is 6.54 Å². The third-order valence-electron chi connectivity index (χ3n) is 6.27. The molecule has 0 spiro atoms. The predicted molar refractivity (Wildman–Crippen MR) is 131 cm³/mol. The molecule has 1 aliphatic rings. The van der Waals surface area contributed by atoms with Crippen LogP contribution in [0.1, 0.15) is 59.9 Å². The molecule has 0 saturated heterocycles. The molecule has 5 nitrogen and oxygen atoms in total. The Hall–Kier alpha value is -2.86. The monoisotopic (exact) mass is 464 g/mol. The Morgan fingerprint density at radius 1 is 1.12 bits per heavy atom. The van der Waals surface area contributed by atoms with E-state index in [1.54, 1.807) is 34.6 Å². The largest absolute Gasteiger partial charge is 0.467 e. The van der Waals surface area contributed by atoms with E-state index in [1.807, 2.05) is 23.6 Å². The number of carbonyl (C=O) groups is 2. The van der Waals surface area contributed by atoms with Gasteiger partial charge in [-0.3, -0.25) is 9.59 Å². The molecule has 6 heteroatoms. The van der Waals surface area contributed by atoms with Gasteiger partial charge in [0.05, 0.1) is 12.7 Å². The molecule has 0 unspecified atom stereocenters.